The van der Waals surface area contributed by atoms with Crippen LogP contribution in [0.15, 0.2) is 24.3 Å². The first kappa shape index (κ1) is 19.8. The van der Waals surface area contributed by atoms with Gasteiger partial charge in [0.2, 0.25) is 0 Å². The van der Waals surface area contributed by atoms with Gasteiger partial charge in [-0.1, -0.05) is 0 Å². The summed E-state index contributed by atoms with van der Waals surface area (Å²) in [5.41, 5.74) is 0.634. The number of nitrogens with one attached hydrogen (secondary N) is 2. The molecule has 0 aliphatic rings. The van der Waals surface area contributed by atoms with Gasteiger partial charge in [-0.05, 0) is 51.5 Å². The second-order valence-corrected chi connectivity index (χ2v) is 5.27. The number of ether oxygens (including phenoxy) is 3. The minimum absolute atomic E-state index is 0.139. The zero-order valence-electron chi connectivity index (χ0n) is 14.5. The molecule has 1 aromatic rings. The number of amides is 2. The Kier molecular flexibility index (Phi) is 9.29. The quantitative estimate of drug-likeness (QED) is 0.506. The Bertz CT molecular complexity index is 502. The van der Waals surface area contributed by atoms with E-state index in [9.17, 15) is 9.59 Å². The number of urea groups is 1. The zero-order valence-corrected chi connectivity index (χ0v) is 14.5. The summed E-state index contributed by atoms with van der Waals surface area (Å²) in [6.45, 7) is 7.02. The van der Waals surface area contributed by atoms with Gasteiger partial charge < -0.3 is 24.8 Å². The minimum atomic E-state index is -0.416. The molecule has 2 amide bonds. The summed E-state index contributed by atoms with van der Waals surface area (Å²) in [5, 5.41) is 5.47. The summed E-state index contributed by atoms with van der Waals surface area (Å²) in [5.74, 6) is 0.111. The van der Waals surface area contributed by atoms with Gasteiger partial charge in [0.05, 0.1) is 12.7 Å². The van der Waals surface area contributed by atoms with E-state index in [2.05, 4.69) is 10.6 Å². The molecular formula is C17H26N2O5. The van der Waals surface area contributed by atoms with Crippen molar-refractivity contribution in [1.29, 1.82) is 0 Å². The first-order chi connectivity index (χ1) is 11.5. The molecule has 0 unspecified atom stereocenters. The monoisotopic (exact) mass is 338 g/mol. The van der Waals surface area contributed by atoms with Crippen LogP contribution in [0.2, 0.25) is 0 Å². The van der Waals surface area contributed by atoms with E-state index in [4.69, 9.17) is 14.2 Å². The van der Waals surface area contributed by atoms with Gasteiger partial charge in [0.25, 0.3) is 0 Å². The van der Waals surface area contributed by atoms with Gasteiger partial charge in [0.15, 0.2) is 6.61 Å². The molecule has 1 rings (SSSR count). The third kappa shape index (κ3) is 8.99. The molecule has 0 saturated carbocycles. The fourth-order valence-corrected chi connectivity index (χ4v) is 1.75. The van der Waals surface area contributed by atoms with Crippen molar-refractivity contribution in [1.82, 2.24) is 5.32 Å². The maximum Gasteiger partial charge on any atom is 0.344 e. The van der Waals surface area contributed by atoms with Crippen LogP contribution in [0.3, 0.4) is 0 Å². The molecule has 1 aromatic carbocycles. The fraction of sp³-hybridized carbons (Fsp3) is 0.529. The Morgan fingerprint density at radius 3 is 2.50 bits per heavy atom. The molecule has 134 valence electrons. The first-order valence-corrected chi connectivity index (χ1v) is 8.06. The second-order valence-electron chi connectivity index (χ2n) is 5.27. The molecule has 0 bridgehead atoms. The normalized spacial score (nSPS) is 10.3. The number of hydrogen-bond donors (Lipinski definition) is 2. The molecule has 0 atom stereocenters. The number of hydrogen-bond acceptors (Lipinski definition) is 5. The molecule has 0 aromatic heterocycles. The summed E-state index contributed by atoms with van der Waals surface area (Å²) in [6.07, 6.45) is 0.954. The molecule has 7 heteroatoms. The molecule has 0 heterocycles. The van der Waals surface area contributed by atoms with Gasteiger partial charge in [0.1, 0.15) is 5.75 Å². The Hall–Kier alpha value is -2.28. The second kappa shape index (κ2) is 11.3. The van der Waals surface area contributed by atoms with Crippen LogP contribution in [0.5, 0.6) is 5.75 Å². The SMILES string of the molecule is CCOC(=O)COc1ccc(NC(=O)NCCCOC(C)C)cc1. The van der Waals surface area contributed by atoms with Gasteiger partial charge in [-0.15, -0.1) is 0 Å². The van der Waals surface area contributed by atoms with E-state index in [1.807, 2.05) is 13.8 Å². The molecule has 0 radical (unpaired) electrons. The lowest BCUT2D eigenvalue weighted by Gasteiger charge is -2.10. The summed E-state index contributed by atoms with van der Waals surface area (Å²) >= 11 is 0. The van der Waals surface area contributed by atoms with Crippen molar-refractivity contribution in [2.75, 3.05) is 31.7 Å². The van der Waals surface area contributed by atoms with Crippen molar-refractivity contribution in [3.63, 3.8) is 0 Å². The van der Waals surface area contributed by atoms with Crippen LogP contribution < -0.4 is 15.4 Å². The van der Waals surface area contributed by atoms with Gasteiger partial charge in [0, 0.05) is 18.8 Å². The average Bonchev–Trinajstić information content (AvgIpc) is 2.54. The van der Waals surface area contributed by atoms with Crippen LogP contribution in [0.4, 0.5) is 10.5 Å². The third-order valence-electron chi connectivity index (χ3n) is 2.83. The van der Waals surface area contributed by atoms with E-state index in [0.717, 1.165) is 6.42 Å². The van der Waals surface area contributed by atoms with Crippen molar-refractivity contribution in [2.24, 2.45) is 0 Å². The Morgan fingerprint density at radius 1 is 1.17 bits per heavy atom. The molecule has 0 aliphatic carbocycles. The van der Waals surface area contributed by atoms with Crippen LogP contribution in [0.1, 0.15) is 27.2 Å². The number of rotatable bonds is 10. The molecule has 0 fully saturated rings. The number of anilines is 1. The highest BCUT2D eigenvalue weighted by Crippen LogP contribution is 2.15. The van der Waals surface area contributed by atoms with Crippen molar-refractivity contribution in [3.05, 3.63) is 24.3 Å². The number of carbonyl (C=O) groups excluding carboxylic acids is 2. The zero-order chi connectivity index (χ0) is 17.8. The molecule has 0 saturated heterocycles. The Balaban J connectivity index is 2.25. The van der Waals surface area contributed by atoms with Crippen LogP contribution in [0.25, 0.3) is 0 Å². The smallest absolute Gasteiger partial charge is 0.344 e. The Morgan fingerprint density at radius 2 is 1.88 bits per heavy atom. The highest BCUT2D eigenvalue weighted by atomic mass is 16.6. The number of esters is 1. The van der Waals surface area contributed by atoms with E-state index in [-0.39, 0.29) is 18.7 Å². The summed E-state index contributed by atoms with van der Waals surface area (Å²) < 4.78 is 15.4. The van der Waals surface area contributed by atoms with E-state index in [1.54, 1.807) is 31.2 Å². The summed E-state index contributed by atoms with van der Waals surface area (Å²) in [6, 6.07) is 6.46. The molecule has 7 nitrogen and oxygen atoms in total. The van der Waals surface area contributed by atoms with Gasteiger partial charge in [-0.2, -0.15) is 0 Å². The first-order valence-electron chi connectivity index (χ1n) is 8.06. The highest BCUT2D eigenvalue weighted by molar-refractivity contribution is 5.89. The molecule has 24 heavy (non-hydrogen) atoms. The molecule has 0 spiro atoms. The predicted molar refractivity (Wildman–Crippen MR) is 91.3 cm³/mol. The fourth-order valence-electron chi connectivity index (χ4n) is 1.75. The predicted octanol–water partition coefficient (Wildman–Crippen LogP) is 2.57. The maximum absolute atomic E-state index is 11.7. The van der Waals surface area contributed by atoms with Gasteiger partial charge in [-0.3, -0.25) is 0 Å². The van der Waals surface area contributed by atoms with Crippen molar-refractivity contribution in [2.45, 2.75) is 33.3 Å². The summed E-state index contributed by atoms with van der Waals surface area (Å²) in [7, 11) is 0. The van der Waals surface area contributed by atoms with E-state index >= 15 is 0 Å². The van der Waals surface area contributed by atoms with Crippen molar-refractivity contribution < 1.29 is 23.8 Å². The molecular weight excluding hydrogens is 312 g/mol. The van der Waals surface area contributed by atoms with Crippen LogP contribution in [-0.2, 0) is 14.3 Å². The average molecular weight is 338 g/mol. The Labute approximate surface area is 142 Å². The third-order valence-corrected chi connectivity index (χ3v) is 2.83. The van der Waals surface area contributed by atoms with Gasteiger partial charge in [-0.25, -0.2) is 9.59 Å². The lowest BCUT2D eigenvalue weighted by atomic mass is 10.3. The largest absolute Gasteiger partial charge is 0.482 e. The minimum Gasteiger partial charge on any atom is -0.482 e. The lowest BCUT2D eigenvalue weighted by molar-refractivity contribution is -0.145. The van der Waals surface area contributed by atoms with Crippen molar-refractivity contribution in [3.8, 4) is 5.75 Å². The highest BCUT2D eigenvalue weighted by Gasteiger charge is 2.04. The lowest BCUT2D eigenvalue weighted by Crippen LogP contribution is -2.30. The molecule has 0 aliphatic heterocycles. The number of carbonyl (C=O) groups is 2. The van der Waals surface area contributed by atoms with Crippen LogP contribution in [-0.4, -0.2) is 44.5 Å². The summed E-state index contributed by atoms with van der Waals surface area (Å²) in [4.78, 5) is 22.9. The van der Waals surface area contributed by atoms with Crippen LogP contribution in [0, 0.1) is 0 Å². The van der Waals surface area contributed by atoms with Gasteiger partial charge >= 0.3 is 12.0 Å². The topological polar surface area (TPSA) is 85.9 Å². The maximum atomic E-state index is 11.7. The van der Waals surface area contributed by atoms with E-state index < -0.39 is 5.97 Å². The van der Waals surface area contributed by atoms with Crippen LogP contribution >= 0.6 is 0 Å². The number of benzene rings is 1. The standard InChI is InChI=1S/C17H26N2O5/c1-4-22-16(20)12-24-15-8-6-14(7-9-15)19-17(21)18-10-5-11-23-13(2)3/h6-9,13H,4-5,10-12H2,1-3H3,(H2,18,19,21). The van der Waals surface area contributed by atoms with E-state index in [1.165, 1.54) is 0 Å². The van der Waals surface area contributed by atoms with Crippen molar-refractivity contribution >= 4 is 17.7 Å². The van der Waals surface area contributed by atoms with E-state index in [0.29, 0.717) is 31.2 Å². The molecule has 2 N–H and O–H groups in total.